The summed E-state index contributed by atoms with van der Waals surface area (Å²) in [5, 5.41) is 12.5. The molecule has 0 aliphatic heterocycles. The summed E-state index contributed by atoms with van der Waals surface area (Å²) in [4.78, 5) is 23.7. The molecule has 0 bridgehead atoms. The largest absolute Gasteiger partial charge is 0.493 e. The van der Waals surface area contributed by atoms with E-state index in [1.165, 1.54) is 7.11 Å². The molecule has 0 spiro atoms. The smallest absolute Gasteiger partial charge is 0.326 e. The van der Waals surface area contributed by atoms with Crippen molar-refractivity contribution < 1.29 is 24.2 Å². The maximum Gasteiger partial charge on any atom is 0.326 e. The first-order chi connectivity index (χ1) is 13.0. The van der Waals surface area contributed by atoms with E-state index in [9.17, 15) is 14.7 Å². The van der Waals surface area contributed by atoms with Crippen molar-refractivity contribution in [2.24, 2.45) is 5.92 Å². The van der Waals surface area contributed by atoms with Gasteiger partial charge in [0.25, 0.3) is 5.91 Å². The Morgan fingerprint density at radius 3 is 2.48 bits per heavy atom. The lowest BCUT2D eigenvalue weighted by Crippen LogP contribution is -2.42. The number of hydrogen-bond donors (Lipinski definition) is 2. The van der Waals surface area contributed by atoms with Gasteiger partial charge in [0.1, 0.15) is 12.6 Å². The Bertz CT molecular complexity index is 833. The number of methoxy groups -OCH3 is 1. The molecule has 1 fully saturated rings. The zero-order valence-corrected chi connectivity index (χ0v) is 15.5. The van der Waals surface area contributed by atoms with Gasteiger partial charge in [-0.2, -0.15) is 0 Å². The second-order valence-electron chi connectivity index (χ2n) is 6.41. The van der Waals surface area contributed by atoms with Crippen molar-refractivity contribution in [2.45, 2.75) is 25.5 Å². The van der Waals surface area contributed by atoms with Crippen molar-refractivity contribution in [3.05, 3.63) is 58.6 Å². The number of carboxylic acids is 1. The fraction of sp³-hybridized carbons (Fsp3) is 0.300. The van der Waals surface area contributed by atoms with Crippen LogP contribution in [0.3, 0.4) is 0 Å². The van der Waals surface area contributed by atoms with Gasteiger partial charge in [0.05, 0.1) is 7.11 Å². The minimum absolute atomic E-state index is 0.00956. The summed E-state index contributed by atoms with van der Waals surface area (Å²) in [5.41, 5.74) is 1.26. The molecule has 1 aliphatic carbocycles. The molecule has 0 aromatic heterocycles. The standard InChI is InChI=1S/C20H20ClNO5/c1-26-17-10-14(19(23)22-18(20(24)25)13-4-5-13)6-9-16(17)27-11-12-2-7-15(21)8-3-12/h2-3,6-10,13,18H,4-5,11H2,1H3,(H,22,23)(H,24,25). The first-order valence-corrected chi connectivity index (χ1v) is 8.94. The zero-order chi connectivity index (χ0) is 19.4. The molecule has 0 heterocycles. The molecule has 2 N–H and O–H groups in total. The van der Waals surface area contributed by atoms with Crippen molar-refractivity contribution in [2.75, 3.05) is 7.11 Å². The number of carboxylic acid groups (broad SMARTS) is 1. The van der Waals surface area contributed by atoms with Gasteiger partial charge < -0.3 is 19.9 Å². The summed E-state index contributed by atoms with van der Waals surface area (Å²) in [7, 11) is 1.48. The number of rotatable bonds is 8. The molecule has 7 heteroatoms. The highest BCUT2D eigenvalue weighted by atomic mass is 35.5. The lowest BCUT2D eigenvalue weighted by atomic mass is 10.1. The predicted molar refractivity (Wildman–Crippen MR) is 100 cm³/mol. The molecule has 2 aromatic carbocycles. The van der Waals surface area contributed by atoms with E-state index in [1.807, 2.05) is 12.1 Å². The molecular formula is C20H20ClNO5. The van der Waals surface area contributed by atoms with Gasteiger partial charge in [0.15, 0.2) is 11.5 Å². The number of hydrogen-bond acceptors (Lipinski definition) is 4. The van der Waals surface area contributed by atoms with Gasteiger partial charge in [-0.25, -0.2) is 4.79 Å². The molecule has 1 unspecified atom stereocenters. The van der Waals surface area contributed by atoms with E-state index in [-0.39, 0.29) is 5.92 Å². The highest BCUT2D eigenvalue weighted by Gasteiger charge is 2.37. The van der Waals surface area contributed by atoms with Crippen LogP contribution in [0.2, 0.25) is 5.02 Å². The number of nitrogens with one attached hydrogen (secondary N) is 1. The third kappa shape index (κ3) is 4.92. The van der Waals surface area contributed by atoms with Crippen LogP contribution in [0.25, 0.3) is 0 Å². The molecule has 3 rings (SSSR count). The van der Waals surface area contributed by atoms with E-state index >= 15 is 0 Å². The molecular weight excluding hydrogens is 370 g/mol. The number of amides is 1. The van der Waals surface area contributed by atoms with Gasteiger partial charge in [0, 0.05) is 10.6 Å². The quantitative estimate of drug-likeness (QED) is 0.721. The second kappa shape index (κ2) is 8.31. The normalized spacial score (nSPS) is 14.3. The van der Waals surface area contributed by atoms with Gasteiger partial charge in [0.2, 0.25) is 0 Å². The Morgan fingerprint density at radius 1 is 1.19 bits per heavy atom. The SMILES string of the molecule is COc1cc(C(=O)NC(C(=O)O)C2CC2)ccc1OCc1ccc(Cl)cc1. The number of aliphatic carboxylic acids is 1. The maximum absolute atomic E-state index is 12.4. The molecule has 1 amide bonds. The van der Waals surface area contributed by atoms with Crippen molar-refractivity contribution in [1.29, 1.82) is 0 Å². The molecule has 1 aliphatic rings. The molecule has 0 saturated heterocycles. The van der Waals surface area contributed by atoms with E-state index in [0.717, 1.165) is 18.4 Å². The van der Waals surface area contributed by atoms with Crippen LogP contribution in [0, 0.1) is 5.92 Å². The van der Waals surface area contributed by atoms with Crippen molar-refractivity contribution in [3.8, 4) is 11.5 Å². The van der Waals surface area contributed by atoms with Gasteiger partial charge in [-0.3, -0.25) is 4.79 Å². The number of carbonyl (C=O) groups is 2. The average molecular weight is 390 g/mol. The summed E-state index contributed by atoms with van der Waals surface area (Å²) in [6.45, 7) is 0.321. The zero-order valence-electron chi connectivity index (χ0n) is 14.8. The maximum atomic E-state index is 12.4. The number of carbonyl (C=O) groups excluding carboxylic acids is 1. The lowest BCUT2D eigenvalue weighted by molar-refractivity contribution is -0.139. The van der Waals surface area contributed by atoms with E-state index in [2.05, 4.69) is 5.32 Å². The summed E-state index contributed by atoms with van der Waals surface area (Å²) < 4.78 is 11.1. The van der Waals surface area contributed by atoms with E-state index in [4.69, 9.17) is 21.1 Å². The number of halogens is 1. The summed E-state index contributed by atoms with van der Waals surface area (Å²) in [6, 6.07) is 11.2. The summed E-state index contributed by atoms with van der Waals surface area (Å²) in [6.07, 6.45) is 1.64. The van der Waals surface area contributed by atoms with Crippen LogP contribution in [0.15, 0.2) is 42.5 Å². The van der Waals surface area contributed by atoms with Crippen LogP contribution in [0.4, 0.5) is 0 Å². The Hall–Kier alpha value is -2.73. The first kappa shape index (κ1) is 19.0. The van der Waals surface area contributed by atoms with Crippen molar-refractivity contribution >= 4 is 23.5 Å². The topological polar surface area (TPSA) is 84.9 Å². The molecule has 2 aromatic rings. The molecule has 27 heavy (non-hydrogen) atoms. The highest BCUT2D eigenvalue weighted by Crippen LogP contribution is 2.33. The Balaban J connectivity index is 1.68. The third-order valence-corrected chi connectivity index (χ3v) is 4.63. The van der Waals surface area contributed by atoms with Crippen LogP contribution in [0.1, 0.15) is 28.8 Å². The van der Waals surface area contributed by atoms with Gasteiger partial charge in [-0.1, -0.05) is 23.7 Å². The van der Waals surface area contributed by atoms with Gasteiger partial charge in [-0.05, 0) is 54.7 Å². The average Bonchev–Trinajstić information content (AvgIpc) is 3.50. The highest BCUT2D eigenvalue weighted by molar-refractivity contribution is 6.30. The van der Waals surface area contributed by atoms with Crippen molar-refractivity contribution in [3.63, 3.8) is 0 Å². The van der Waals surface area contributed by atoms with Crippen LogP contribution in [-0.4, -0.2) is 30.1 Å². The predicted octanol–water partition coefficient (Wildman–Crippen LogP) is 3.52. The number of benzene rings is 2. The van der Waals surface area contributed by atoms with Gasteiger partial charge >= 0.3 is 5.97 Å². The number of ether oxygens (including phenoxy) is 2. The lowest BCUT2D eigenvalue weighted by Gasteiger charge is -2.15. The summed E-state index contributed by atoms with van der Waals surface area (Å²) in [5.74, 6) is -0.566. The second-order valence-corrected chi connectivity index (χ2v) is 6.84. The van der Waals surface area contributed by atoms with Gasteiger partial charge in [-0.15, -0.1) is 0 Å². The molecule has 1 saturated carbocycles. The molecule has 1 atom stereocenters. The minimum atomic E-state index is -1.01. The Labute approximate surface area is 162 Å². The monoisotopic (exact) mass is 389 g/mol. The summed E-state index contributed by atoms with van der Waals surface area (Å²) >= 11 is 5.87. The Kier molecular flexibility index (Phi) is 5.86. The Morgan fingerprint density at radius 2 is 1.89 bits per heavy atom. The van der Waals surface area contributed by atoms with E-state index < -0.39 is 17.9 Å². The minimum Gasteiger partial charge on any atom is -0.493 e. The fourth-order valence-electron chi connectivity index (χ4n) is 2.71. The van der Waals surface area contributed by atoms with Crippen LogP contribution in [0.5, 0.6) is 11.5 Å². The van der Waals surface area contributed by atoms with E-state index in [0.29, 0.717) is 28.7 Å². The van der Waals surface area contributed by atoms with Crippen LogP contribution < -0.4 is 14.8 Å². The first-order valence-electron chi connectivity index (χ1n) is 8.57. The van der Waals surface area contributed by atoms with Crippen LogP contribution in [-0.2, 0) is 11.4 Å². The fourth-order valence-corrected chi connectivity index (χ4v) is 2.83. The van der Waals surface area contributed by atoms with E-state index in [1.54, 1.807) is 30.3 Å². The molecule has 142 valence electrons. The molecule has 6 nitrogen and oxygen atoms in total. The third-order valence-electron chi connectivity index (χ3n) is 4.38. The van der Waals surface area contributed by atoms with Crippen LogP contribution >= 0.6 is 11.6 Å². The van der Waals surface area contributed by atoms with Crippen molar-refractivity contribution in [1.82, 2.24) is 5.32 Å². The molecule has 0 radical (unpaired) electrons.